The van der Waals surface area contributed by atoms with Crippen molar-refractivity contribution in [2.45, 2.75) is 13.8 Å². The Morgan fingerprint density at radius 3 is 2.18 bits per heavy atom. The number of amides is 1. The van der Waals surface area contributed by atoms with Crippen molar-refractivity contribution < 1.29 is 14.8 Å². The van der Waals surface area contributed by atoms with Gasteiger partial charge in [0.15, 0.2) is 0 Å². The molecule has 0 spiro atoms. The number of carbonyl (C=O) groups is 1. The first-order valence-electron chi connectivity index (χ1n) is 5.64. The van der Waals surface area contributed by atoms with Crippen LogP contribution in [-0.4, -0.2) is 41.1 Å². The quantitative estimate of drug-likeness (QED) is 0.698. The van der Waals surface area contributed by atoms with Gasteiger partial charge in [0.2, 0.25) is 0 Å². The molecule has 2 rings (SSSR count). The van der Waals surface area contributed by atoms with Gasteiger partial charge in [-0.1, -0.05) is 26.0 Å². The molecule has 5 heteroatoms. The fraction of sp³-hybridized carbons (Fsp3) is 0.417. The van der Waals surface area contributed by atoms with Crippen LogP contribution in [0, 0.1) is 5.41 Å². The van der Waals surface area contributed by atoms with Gasteiger partial charge in [0.05, 0.1) is 0 Å². The average molecular weight is 233 g/mol. The summed E-state index contributed by atoms with van der Waals surface area (Å²) in [4.78, 5) is 13.8. The van der Waals surface area contributed by atoms with Crippen molar-refractivity contribution in [3.05, 3.63) is 29.8 Å². The molecule has 1 heterocycles. The Hall–Kier alpha value is -1.33. The van der Waals surface area contributed by atoms with Gasteiger partial charge in [-0.15, -0.1) is 0 Å². The maximum atomic E-state index is 12.0. The molecule has 17 heavy (non-hydrogen) atoms. The molecule has 1 amide bonds. The van der Waals surface area contributed by atoms with Crippen molar-refractivity contribution in [1.29, 1.82) is 0 Å². The summed E-state index contributed by atoms with van der Waals surface area (Å²) in [6, 6.07) is 6.37. The van der Waals surface area contributed by atoms with Crippen LogP contribution < -0.4 is 5.46 Å². The third kappa shape index (κ3) is 2.51. The molecule has 1 aromatic rings. The lowest BCUT2D eigenvalue weighted by Crippen LogP contribution is -2.55. The molecule has 0 bridgehead atoms. The monoisotopic (exact) mass is 233 g/mol. The maximum absolute atomic E-state index is 12.0. The first kappa shape index (κ1) is 12.1. The van der Waals surface area contributed by atoms with Crippen molar-refractivity contribution in [2.24, 2.45) is 5.41 Å². The lowest BCUT2D eigenvalue weighted by molar-refractivity contribution is 0.0236. The number of carbonyl (C=O) groups excluding carboxylic acids is 1. The van der Waals surface area contributed by atoms with Gasteiger partial charge in [0.1, 0.15) is 0 Å². The molecule has 0 saturated carbocycles. The van der Waals surface area contributed by atoms with Crippen LogP contribution >= 0.6 is 0 Å². The van der Waals surface area contributed by atoms with E-state index >= 15 is 0 Å². The number of likely N-dealkylation sites (tertiary alicyclic amines) is 1. The Balaban J connectivity index is 2.06. The van der Waals surface area contributed by atoms with Gasteiger partial charge >= 0.3 is 7.12 Å². The Morgan fingerprint density at radius 1 is 1.24 bits per heavy atom. The highest BCUT2D eigenvalue weighted by Gasteiger charge is 2.37. The first-order valence-corrected chi connectivity index (χ1v) is 5.64. The summed E-state index contributed by atoms with van der Waals surface area (Å²) >= 11 is 0. The first-order chi connectivity index (χ1) is 7.89. The lowest BCUT2D eigenvalue weighted by Gasteiger charge is -2.45. The van der Waals surface area contributed by atoms with E-state index in [0.29, 0.717) is 11.0 Å². The standard InChI is InChI=1S/C12H16BNO3/c1-12(2)7-14(8-12)11(15)9-3-5-10(6-4-9)13(16)17/h3-6,16-17H,7-8H2,1-2H3. The number of rotatable bonds is 2. The van der Waals surface area contributed by atoms with E-state index in [0.717, 1.165) is 13.1 Å². The van der Waals surface area contributed by atoms with E-state index < -0.39 is 7.12 Å². The summed E-state index contributed by atoms with van der Waals surface area (Å²) in [6.45, 7) is 5.80. The van der Waals surface area contributed by atoms with Crippen molar-refractivity contribution in [3.8, 4) is 0 Å². The fourth-order valence-electron chi connectivity index (χ4n) is 2.11. The van der Waals surface area contributed by atoms with Crippen molar-refractivity contribution in [2.75, 3.05) is 13.1 Å². The maximum Gasteiger partial charge on any atom is 0.488 e. The lowest BCUT2D eigenvalue weighted by atomic mass is 9.80. The van der Waals surface area contributed by atoms with Gasteiger partial charge in [0, 0.05) is 18.7 Å². The Morgan fingerprint density at radius 2 is 1.76 bits per heavy atom. The van der Waals surface area contributed by atoms with Crippen LogP contribution in [-0.2, 0) is 0 Å². The molecule has 4 nitrogen and oxygen atoms in total. The highest BCUT2D eigenvalue weighted by atomic mass is 16.4. The van der Waals surface area contributed by atoms with Crippen LogP contribution in [0.5, 0.6) is 0 Å². The molecular weight excluding hydrogens is 217 g/mol. The molecule has 1 aromatic carbocycles. The number of nitrogens with zero attached hydrogens (tertiary/aromatic N) is 1. The van der Waals surface area contributed by atoms with Gasteiger partial charge in [-0.05, 0) is 23.0 Å². The van der Waals surface area contributed by atoms with Crippen LogP contribution in [0.2, 0.25) is 0 Å². The summed E-state index contributed by atoms with van der Waals surface area (Å²) in [5.74, 6) is 0.00306. The van der Waals surface area contributed by atoms with Crippen LogP contribution in [0.25, 0.3) is 0 Å². The second-order valence-electron chi connectivity index (χ2n) is 5.32. The molecule has 1 saturated heterocycles. The van der Waals surface area contributed by atoms with E-state index in [1.165, 1.54) is 0 Å². The largest absolute Gasteiger partial charge is 0.488 e. The van der Waals surface area contributed by atoms with Gasteiger partial charge in [-0.2, -0.15) is 0 Å². The predicted octanol–water partition coefficient (Wildman–Crippen LogP) is -0.152. The molecule has 0 aliphatic carbocycles. The fourth-order valence-corrected chi connectivity index (χ4v) is 2.11. The minimum Gasteiger partial charge on any atom is -0.423 e. The summed E-state index contributed by atoms with van der Waals surface area (Å²) in [5, 5.41) is 17.9. The molecule has 0 aromatic heterocycles. The van der Waals surface area contributed by atoms with Crippen LogP contribution in [0.4, 0.5) is 0 Å². The van der Waals surface area contributed by atoms with Crippen molar-refractivity contribution >= 4 is 18.5 Å². The zero-order valence-electron chi connectivity index (χ0n) is 10.1. The summed E-state index contributed by atoms with van der Waals surface area (Å²) in [5.41, 5.74) is 1.20. The van der Waals surface area contributed by atoms with Gasteiger partial charge in [-0.3, -0.25) is 4.79 Å². The highest BCUT2D eigenvalue weighted by Crippen LogP contribution is 2.29. The zero-order valence-corrected chi connectivity index (χ0v) is 10.1. The van der Waals surface area contributed by atoms with E-state index in [-0.39, 0.29) is 11.3 Å². The second kappa shape index (κ2) is 4.16. The molecule has 2 N–H and O–H groups in total. The summed E-state index contributed by atoms with van der Waals surface area (Å²) in [7, 11) is -1.48. The predicted molar refractivity (Wildman–Crippen MR) is 66.0 cm³/mol. The highest BCUT2D eigenvalue weighted by molar-refractivity contribution is 6.58. The normalized spacial score (nSPS) is 17.5. The Kier molecular flexibility index (Phi) is 2.97. The van der Waals surface area contributed by atoms with E-state index in [2.05, 4.69) is 13.8 Å². The van der Waals surface area contributed by atoms with Crippen molar-refractivity contribution in [1.82, 2.24) is 4.90 Å². The molecule has 0 radical (unpaired) electrons. The summed E-state index contributed by atoms with van der Waals surface area (Å²) < 4.78 is 0. The van der Waals surface area contributed by atoms with Crippen molar-refractivity contribution in [3.63, 3.8) is 0 Å². The molecular formula is C12H16BNO3. The minimum atomic E-state index is -1.48. The van der Waals surface area contributed by atoms with Gasteiger partial charge in [0.25, 0.3) is 5.91 Å². The van der Waals surface area contributed by atoms with Crippen LogP contribution in [0.1, 0.15) is 24.2 Å². The van der Waals surface area contributed by atoms with E-state index in [1.807, 2.05) is 0 Å². The van der Waals surface area contributed by atoms with E-state index in [9.17, 15) is 4.79 Å². The smallest absolute Gasteiger partial charge is 0.423 e. The minimum absolute atomic E-state index is 0.00306. The van der Waals surface area contributed by atoms with Crippen LogP contribution in [0.3, 0.4) is 0 Å². The number of hydrogen-bond acceptors (Lipinski definition) is 3. The molecule has 0 atom stereocenters. The molecule has 90 valence electrons. The zero-order chi connectivity index (χ0) is 12.6. The SMILES string of the molecule is CC1(C)CN(C(=O)c2ccc(B(O)O)cc2)C1. The Labute approximate surface area is 101 Å². The Bertz CT molecular complexity index is 420. The second-order valence-corrected chi connectivity index (χ2v) is 5.32. The number of hydrogen-bond donors (Lipinski definition) is 2. The van der Waals surface area contributed by atoms with Gasteiger partial charge < -0.3 is 14.9 Å². The average Bonchev–Trinajstić information content (AvgIpc) is 2.25. The molecule has 1 fully saturated rings. The van der Waals surface area contributed by atoms with Crippen LogP contribution in [0.15, 0.2) is 24.3 Å². The molecule has 1 aliphatic heterocycles. The van der Waals surface area contributed by atoms with Gasteiger partial charge in [-0.25, -0.2) is 0 Å². The number of benzene rings is 1. The summed E-state index contributed by atoms with van der Waals surface area (Å²) in [6.07, 6.45) is 0. The molecule has 0 unspecified atom stereocenters. The third-order valence-electron chi connectivity index (χ3n) is 2.98. The third-order valence-corrected chi connectivity index (χ3v) is 2.98. The molecule has 1 aliphatic rings. The van der Waals surface area contributed by atoms with E-state index in [4.69, 9.17) is 10.0 Å². The van der Waals surface area contributed by atoms with E-state index in [1.54, 1.807) is 29.2 Å². The topological polar surface area (TPSA) is 60.8 Å².